The summed E-state index contributed by atoms with van der Waals surface area (Å²) in [5.41, 5.74) is 3.68. The number of urea groups is 1. The second-order valence-corrected chi connectivity index (χ2v) is 12.4. The molecule has 0 bridgehead atoms. The summed E-state index contributed by atoms with van der Waals surface area (Å²) in [5, 5.41) is 13.0. The molecule has 2 aromatic rings. The molecule has 2 aromatic carbocycles. The van der Waals surface area contributed by atoms with Crippen molar-refractivity contribution in [1.82, 2.24) is 26.2 Å². The molecule has 41 heavy (non-hydrogen) atoms. The van der Waals surface area contributed by atoms with E-state index in [2.05, 4.69) is 45.5 Å². The predicted molar refractivity (Wildman–Crippen MR) is 162 cm³/mol. The van der Waals surface area contributed by atoms with Crippen molar-refractivity contribution in [3.8, 4) is 11.1 Å². The van der Waals surface area contributed by atoms with Crippen LogP contribution >= 0.6 is 11.8 Å². The van der Waals surface area contributed by atoms with Gasteiger partial charge in [-0.05, 0) is 56.4 Å². The SMILES string of the molecule is CN(C)C/C=C/C(=O)C1CNC[C@@H]1NC(=O)C1=C2NC(=O)N(c3cccc(-c4ccccc4)c3)C3CCNC(S1)C23. The summed E-state index contributed by atoms with van der Waals surface area (Å²) in [6.45, 7) is 2.49. The van der Waals surface area contributed by atoms with E-state index in [9.17, 15) is 14.4 Å². The van der Waals surface area contributed by atoms with Gasteiger partial charge < -0.3 is 26.2 Å². The molecule has 0 radical (unpaired) electrons. The highest BCUT2D eigenvalue weighted by atomic mass is 32.2. The van der Waals surface area contributed by atoms with Crippen LogP contribution in [-0.4, -0.2) is 80.4 Å². The third-order valence-electron chi connectivity index (χ3n) is 8.23. The smallest absolute Gasteiger partial charge is 0.326 e. The molecule has 3 amide bonds. The van der Waals surface area contributed by atoms with E-state index in [0.29, 0.717) is 30.2 Å². The maximum Gasteiger partial charge on any atom is 0.326 e. The number of nitrogens with one attached hydrogen (secondary N) is 4. The average Bonchev–Trinajstić information content (AvgIpc) is 3.59. The maximum absolute atomic E-state index is 13.6. The van der Waals surface area contributed by atoms with Gasteiger partial charge in [0.1, 0.15) is 0 Å². The van der Waals surface area contributed by atoms with Gasteiger partial charge in [0, 0.05) is 36.9 Å². The number of ketones is 1. The van der Waals surface area contributed by atoms with Crippen LogP contribution in [0.25, 0.3) is 11.1 Å². The Morgan fingerprint density at radius 2 is 1.90 bits per heavy atom. The Morgan fingerprint density at radius 1 is 1.10 bits per heavy atom. The van der Waals surface area contributed by atoms with Gasteiger partial charge in [0.15, 0.2) is 5.78 Å². The highest BCUT2D eigenvalue weighted by Crippen LogP contribution is 2.48. The summed E-state index contributed by atoms with van der Waals surface area (Å²) in [6.07, 6.45) is 4.26. The normalized spacial score (nSPS) is 27.3. The number of carbonyl (C=O) groups excluding carboxylic acids is 3. The molecule has 4 unspecified atom stereocenters. The lowest BCUT2D eigenvalue weighted by molar-refractivity contribution is -0.120. The molecule has 214 valence electrons. The van der Waals surface area contributed by atoms with Crippen LogP contribution in [0.15, 0.2) is 77.4 Å². The molecule has 4 heterocycles. The van der Waals surface area contributed by atoms with Gasteiger partial charge in [0.2, 0.25) is 0 Å². The van der Waals surface area contributed by atoms with E-state index in [0.717, 1.165) is 29.8 Å². The Labute approximate surface area is 244 Å². The van der Waals surface area contributed by atoms with Crippen molar-refractivity contribution in [1.29, 1.82) is 0 Å². The van der Waals surface area contributed by atoms with Crippen molar-refractivity contribution in [3.63, 3.8) is 0 Å². The largest absolute Gasteiger partial charge is 0.347 e. The van der Waals surface area contributed by atoms with E-state index in [1.807, 2.05) is 60.3 Å². The molecule has 3 fully saturated rings. The van der Waals surface area contributed by atoms with Crippen molar-refractivity contribution in [2.75, 3.05) is 45.2 Å². The zero-order valence-electron chi connectivity index (χ0n) is 23.3. The topological polar surface area (TPSA) is 106 Å². The molecule has 0 aliphatic carbocycles. The van der Waals surface area contributed by atoms with E-state index in [4.69, 9.17) is 0 Å². The zero-order chi connectivity index (χ0) is 28.5. The number of thioether (sulfide) groups is 1. The molecule has 3 saturated heterocycles. The summed E-state index contributed by atoms with van der Waals surface area (Å²) in [7, 11) is 3.90. The molecule has 4 N–H and O–H groups in total. The van der Waals surface area contributed by atoms with Crippen molar-refractivity contribution in [2.24, 2.45) is 11.8 Å². The molecule has 5 atom stereocenters. The number of amides is 3. The van der Waals surface area contributed by atoms with Crippen LogP contribution in [0.2, 0.25) is 0 Å². The number of nitrogens with zero attached hydrogens (tertiary/aromatic N) is 2. The third kappa shape index (κ3) is 5.57. The fourth-order valence-electron chi connectivity index (χ4n) is 6.26. The van der Waals surface area contributed by atoms with Gasteiger partial charge in [-0.2, -0.15) is 0 Å². The fourth-order valence-corrected chi connectivity index (χ4v) is 7.65. The van der Waals surface area contributed by atoms with Crippen molar-refractivity contribution >= 4 is 35.2 Å². The summed E-state index contributed by atoms with van der Waals surface area (Å²) in [4.78, 5) is 44.5. The number of allylic oxidation sites excluding steroid dienone is 1. The van der Waals surface area contributed by atoms with Crippen LogP contribution in [0.4, 0.5) is 10.5 Å². The lowest BCUT2D eigenvalue weighted by Crippen LogP contribution is -2.62. The molecular weight excluding hydrogens is 536 g/mol. The van der Waals surface area contributed by atoms with Gasteiger partial charge in [-0.15, -0.1) is 0 Å². The number of piperidine rings is 1. The summed E-state index contributed by atoms with van der Waals surface area (Å²) >= 11 is 1.48. The molecule has 9 nitrogen and oxygen atoms in total. The van der Waals surface area contributed by atoms with Crippen molar-refractivity contribution in [3.05, 3.63) is 77.4 Å². The average molecular weight is 573 g/mol. The Balaban J connectivity index is 1.22. The summed E-state index contributed by atoms with van der Waals surface area (Å²) in [6, 6.07) is 17.6. The Kier molecular flexibility index (Phi) is 7.99. The molecule has 10 heteroatoms. The van der Waals surface area contributed by atoms with Crippen LogP contribution in [0.5, 0.6) is 0 Å². The van der Waals surface area contributed by atoms with Gasteiger partial charge >= 0.3 is 6.03 Å². The monoisotopic (exact) mass is 572 g/mol. The molecule has 6 rings (SSSR count). The minimum absolute atomic E-state index is 0.00798. The first kappa shape index (κ1) is 27.7. The molecule has 4 aliphatic rings. The van der Waals surface area contributed by atoms with Crippen LogP contribution in [-0.2, 0) is 9.59 Å². The van der Waals surface area contributed by atoms with E-state index >= 15 is 0 Å². The van der Waals surface area contributed by atoms with Crippen LogP contribution in [0.3, 0.4) is 0 Å². The van der Waals surface area contributed by atoms with Gasteiger partial charge in [-0.25, -0.2) is 4.79 Å². The molecular formula is C31H36N6O3S. The standard InChI is InChI=1S/C31H36N6O3S/c1-36(2)15-7-12-25(38)22-17-32-18-23(22)34-29(39)28-27-26-24(13-14-33-30(26)41-28)37(31(40)35-27)21-11-6-10-20(16-21)19-8-4-3-5-9-19/h3-12,16,22-24,26,30,32-33H,13-15,17-18H2,1-2H3,(H,34,39)(H,35,40)/b12-7+/t22?,23-,24?,26?,30?/m0/s1. The van der Waals surface area contributed by atoms with Gasteiger partial charge in [0.25, 0.3) is 5.91 Å². The van der Waals surface area contributed by atoms with Crippen LogP contribution in [0, 0.1) is 11.8 Å². The first-order valence-electron chi connectivity index (χ1n) is 14.2. The second-order valence-electron chi connectivity index (χ2n) is 11.2. The zero-order valence-corrected chi connectivity index (χ0v) is 24.1. The molecule has 0 aromatic heterocycles. The second kappa shape index (κ2) is 11.8. The van der Waals surface area contributed by atoms with E-state index in [-0.39, 0.29) is 47.0 Å². The number of hydrogen-bond donors (Lipinski definition) is 4. The first-order valence-corrected chi connectivity index (χ1v) is 15.1. The number of carbonyl (C=O) groups is 3. The van der Waals surface area contributed by atoms with Crippen LogP contribution < -0.4 is 26.2 Å². The Hall–Kier alpha value is -3.44. The van der Waals surface area contributed by atoms with Crippen LogP contribution in [0.1, 0.15) is 6.42 Å². The van der Waals surface area contributed by atoms with Gasteiger partial charge in [-0.3, -0.25) is 14.5 Å². The van der Waals surface area contributed by atoms with Crippen molar-refractivity contribution in [2.45, 2.75) is 23.9 Å². The number of anilines is 1. The Bertz CT molecular complexity index is 1390. The fraction of sp³-hybridized carbons (Fsp3) is 0.387. The van der Waals surface area contributed by atoms with E-state index < -0.39 is 0 Å². The highest BCUT2D eigenvalue weighted by Gasteiger charge is 2.52. The van der Waals surface area contributed by atoms with E-state index in [1.54, 1.807) is 6.08 Å². The molecule has 4 aliphatic heterocycles. The van der Waals surface area contributed by atoms with Gasteiger partial charge in [-0.1, -0.05) is 60.3 Å². The predicted octanol–water partition coefficient (Wildman–Crippen LogP) is 2.54. The lowest BCUT2D eigenvalue weighted by atomic mass is 9.86. The first-order chi connectivity index (χ1) is 19.9. The van der Waals surface area contributed by atoms with Gasteiger partial charge in [0.05, 0.1) is 28.3 Å². The maximum atomic E-state index is 13.6. The van der Waals surface area contributed by atoms with E-state index in [1.165, 1.54) is 11.8 Å². The van der Waals surface area contributed by atoms with Crippen molar-refractivity contribution < 1.29 is 14.4 Å². The molecule has 0 saturated carbocycles. The highest BCUT2D eigenvalue weighted by molar-refractivity contribution is 8.04. The minimum atomic E-state index is -0.323. The number of likely N-dealkylation sites (N-methyl/N-ethyl adjacent to an activating group) is 1. The minimum Gasteiger partial charge on any atom is -0.347 e. The number of rotatable bonds is 8. The Morgan fingerprint density at radius 3 is 2.71 bits per heavy atom. The quantitative estimate of drug-likeness (QED) is 0.361. The molecule has 0 spiro atoms. The number of hydrogen-bond acceptors (Lipinski definition) is 7. The third-order valence-corrected chi connectivity index (χ3v) is 9.58. The lowest BCUT2D eigenvalue weighted by Gasteiger charge is -2.45. The summed E-state index contributed by atoms with van der Waals surface area (Å²) in [5.74, 6) is -0.589. The number of benzene rings is 2. The summed E-state index contributed by atoms with van der Waals surface area (Å²) < 4.78 is 0.